The standard InChI is InChI=1S/C10H16ClN3O/c1-8(11)4-3-5-12-9-6-10(15-2)14-7-13-9/h6-8H,3-5H2,1-2H3,(H,12,13,14). The van der Waals surface area contributed by atoms with Gasteiger partial charge >= 0.3 is 0 Å². The van der Waals surface area contributed by atoms with E-state index in [1.807, 2.05) is 6.92 Å². The molecule has 1 atom stereocenters. The molecule has 1 heterocycles. The summed E-state index contributed by atoms with van der Waals surface area (Å²) >= 11 is 5.83. The Morgan fingerprint density at radius 1 is 1.53 bits per heavy atom. The fraction of sp³-hybridized carbons (Fsp3) is 0.600. The number of anilines is 1. The molecule has 0 aliphatic carbocycles. The van der Waals surface area contributed by atoms with Crippen LogP contribution in [0.3, 0.4) is 0 Å². The maximum absolute atomic E-state index is 5.83. The number of rotatable bonds is 6. The fourth-order valence-electron chi connectivity index (χ4n) is 1.15. The van der Waals surface area contributed by atoms with E-state index in [0.29, 0.717) is 5.88 Å². The number of halogens is 1. The summed E-state index contributed by atoms with van der Waals surface area (Å²) in [5.74, 6) is 1.35. The van der Waals surface area contributed by atoms with E-state index in [1.165, 1.54) is 6.33 Å². The van der Waals surface area contributed by atoms with Crippen LogP contribution in [0, 0.1) is 0 Å². The van der Waals surface area contributed by atoms with Gasteiger partial charge in [-0.3, -0.25) is 0 Å². The van der Waals surface area contributed by atoms with Crippen molar-refractivity contribution in [2.24, 2.45) is 0 Å². The number of aromatic nitrogens is 2. The first-order valence-corrected chi connectivity index (χ1v) is 5.40. The predicted molar refractivity (Wildman–Crippen MR) is 61.6 cm³/mol. The zero-order chi connectivity index (χ0) is 11.1. The van der Waals surface area contributed by atoms with Crippen molar-refractivity contribution in [3.8, 4) is 5.88 Å². The molecule has 1 rings (SSSR count). The smallest absolute Gasteiger partial charge is 0.218 e. The molecule has 5 heteroatoms. The van der Waals surface area contributed by atoms with Crippen molar-refractivity contribution in [1.29, 1.82) is 0 Å². The molecule has 0 saturated carbocycles. The number of hydrogen-bond acceptors (Lipinski definition) is 4. The molecule has 0 amide bonds. The molecular formula is C10H16ClN3O. The van der Waals surface area contributed by atoms with Crippen LogP contribution < -0.4 is 10.1 Å². The van der Waals surface area contributed by atoms with E-state index in [-0.39, 0.29) is 5.38 Å². The number of hydrogen-bond donors (Lipinski definition) is 1. The normalized spacial score (nSPS) is 12.2. The Kier molecular flexibility index (Phi) is 5.18. The monoisotopic (exact) mass is 229 g/mol. The fourth-order valence-corrected chi connectivity index (χ4v) is 1.30. The Bertz CT molecular complexity index is 294. The second kappa shape index (κ2) is 6.45. The van der Waals surface area contributed by atoms with Crippen LogP contribution in [-0.4, -0.2) is 29.0 Å². The third-order valence-corrected chi connectivity index (χ3v) is 2.15. The lowest BCUT2D eigenvalue weighted by Gasteiger charge is -2.06. The highest BCUT2D eigenvalue weighted by molar-refractivity contribution is 6.20. The highest BCUT2D eigenvalue weighted by atomic mass is 35.5. The van der Waals surface area contributed by atoms with E-state index in [1.54, 1.807) is 13.2 Å². The molecule has 0 saturated heterocycles. The van der Waals surface area contributed by atoms with Crippen molar-refractivity contribution in [3.05, 3.63) is 12.4 Å². The average Bonchev–Trinajstić information content (AvgIpc) is 2.24. The zero-order valence-corrected chi connectivity index (χ0v) is 9.79. The van der Waals surface area contributed by atoms with Crippen molar-refractivity contribution in [3.63, 3.8) is 0 Å². The molecule has 15 heavy (non-hydrogen) atoms. The summed E-state index contributed by atoms with van der Waals surface area (Å²) in [4.78, 5) is 7.99. The molecule has 0 aromatic carbocycles. The van der Waals surface area contributed by atoms with Crippen LogP contribution in [0.15, 0.2) is 12.4 Å². The lowest BCUT2D eigenvalue weighted by Crippen LogP contribution is -2.05. The Morgan fingerprint density at radius 3 is 3.00 bits per heavy atom. The van der Waals surface area contributed by atoms with Gasteiger partial charge in [0.1, 0.15) is 12.1 Å². The minimum atomic E-state index is 0.228. The molecule has 0 spiro atoms. The highest BCUT2D eigenvalue weighted by Crippen LogP contribution is 2.10. The molecule has 0 bridgehead atoms. The highest BCUT2D eigenvalue weighted by Gasteiger charge is 1.99. The van der Waals surface area contributed by atoms with Crippen LogP contribution in [0.4, 0.5) is 5.82 Å². The van der Waals surface area contributed by atoms with Crippen molar-refractivity contribution < 1.29 is 4.74 Å². The lowest BCUT2D eigenvalue weighted by atomic mass is 10.2. The largest absolute Gasteiger partial charge is 0.481 e. The maximum Gasteiger partial charge on any atom is 0.218 e. The summed E-state index contributed by atoms with van der Waals surface area (Å²) in [6.07, 6.45) is 3.50. The predicted octanol–water partition coefficient (Wildman–Crippen LogP) is 2.30. The molecule has 0 radical (unpaired) electrons. The van der Waals surface area contributed by atoms with E-state index in [4.69, 9.17) is 16.3 Å². The van der Waals surface area contributed by atoms with Gasteiger partial charge in [0, 0.05) is 18.0 Å². The summed E-state index contributed by atoms with van der Waals surface area (Å²) in [5.41, 5.74) is 0. The quantitative estimate of drug-likeness (QED) is 0.601. The summed E-state index contributed by atoms with van der Waals surface area (Å²) in [5, 5.41) is 3.41. The number of methoxy groups -OCH3 is 1. The minimum Gasteiger partial charge on any atom is -0.481 e. The van der Waals surface area contributed by atoms with Gasteiger partial charge in [0.05, 0.1) is 7.11 Å². The van der Waals surface area contributed by atoms with E-state index in [9.17, 15) is 0 Å². The first kappa shape index (κ1) is 12.0. The summed E-state index contributed by atoms with van der Waals surface area (Å²) in [6.45, 7) is 2.85. The van der Waals surface area contributed by atoms with E-state index in [2.05, 4.69) is 15.3 Å². The Labute approximate surface area is 95.0 Å². The maximum atomic E-state index is 5.83. The van der Waals surface area contributed by atoms with E-state index < -0.39 is 0 Å². The van der Waals surface area contributed by atoms with Crippen LogP contribution in [0.5, 0.6) is 5.88 Å². The third-order valence-electron chi connectivity index (χ3n) is 1.94. The molecule has 1 unspecified atom stereocenters. The van der Waals surface area contributed by atoms with Crippen LogP contribution in [0.1, 0.15) is 19.8 Å². The molecule has 84 valence electrons. The minimum absolute atomic E-state index is 0.228. The number of nitrogens with one attached hydrogen (secondary N) is 1. The number of nitrogens with zero attached hydrogens (tertiary/aromatic N) is 2. The Hall–Kier alpha value is -1.03. The van der Waals surface area contributed by atoms with Gasteiger partial charge in [-0.15, -0.1) is 11.6 Å². The van der Waals surface area contributed by atoms with Gasteiger partial charge in [0.2, 0.25) is 5.88 Å². The van der Waals surface area contributed by atoms with Gasteiger partial charge in [-0.25, -0.2) is 9.97 Å². The Balaban J connectivity index is 2.30. The molecule has 1 aromatic heterocycles. The van der Waals surface area contributed by atoms with Crippen molar-refractivity contribution in [2.75, 3.05) is 19.0 Å². The van der Waals surface area contributed by atoms with Crippen molar-refractivity contribution >= 4 is 17.4 Å². The SMILES string of the molecule is COc1cc(NCCCC(C)Cl)ncn1. The summed E-state index contributed by atoms with van der Waals surface area (Å²) in [7, 11) is 1.58. The molecule has 0 aliphatic heterocycles. The topological polar surface area (TPSA) is 47.0 Å². The second-order valence-electron chi connectivity index (χ2n) is 3.30. The molecule has 0 fully saturated rings. The van der Waals surface area contributed by atoms with Gasteiger partial charge in [-0.2, -0.15) is 0 Å². The second-order valence-corrected chi connectivity index (χ2v) is 4.04. The van der Waals surface area contributed by atoms with Gasteiger partial charge in [0.15, 0.2) is 0 Å². The summed E-state index contributed by atoms with van der Waals surface area (Å²) < 4.78 is 4.99. The molecule has 1 aromatic rings. The van der Waals surface area contributed by atoms with E-state index in [0.717, 1.165) is 25.2 Å². The van der Waals surface area contributed by atoms with Gasteiger partial charge in [-0.1, -0.05) is 0 Å². The molecular weight excluding hydrogens is 214 g/mol. The van der Waals surface area contributed by atoms with E-state index >= 15 is 0 Å². The first-order chi connectivity index (χ1) is 7.22. The van der Waals surface area contributed by atoms with Crippen molar-refractivity contribution in [1.82, 2.24) is 9.97 Å². The number of ether oxygens (including phenoxy) is 1. The van der Waals surface area contributed by atoms with Gasteiger partial charge < -0.3 is 10.1 Å². The molecule has 4 nitrogen and oxygen atoms in total. The van der Waals surface area contributed by atoms with Crippen LogP contribution in [0.25, 0.3) is 0 Å². The van der Waals surface area contributed by atoms with Gasteiger partial charge in [-0.05, 0) is 19.8 Å². The van der Waals surface area contributed by atoms with Crippen LogP contribution in [0.2, 0.25) is 0 Å². The zero-order valence-electron chi connectivity index (χ0n) is 9.03. The number of alkyl halides is 1. The first-order valence-electron chi connectivity index (χ1n) is 4.96. The van der Waals surface area contributed by atoms with Gasteiger partial charge in [0.25, 0.3) is 0 Å². The van der Waals surface area contributed by atoms with Crippen LogP contribution in [-0.2, 0) is 0 Å². The van der Waals surface area contributed by atoms with Crippen molar-refractivity contribution in [2.45, 2.75) is 25.1 Å². The Morgan fingerprint density at radius 2 is 2.33 bits per heavy atom. The average molecular weight is 230 g/mol. The molecule has 1 N–H and O–H groups in total. The molecule has 0 aliphatic rings. The third kappa shape index (κ3) is 4.83. The summed E-state index contributed by atoms with van der Waals surface area (Å²) in [6, 6.07) is 1.77. The van der Waals surface area contributed by atoms with Crippen LogP contribution >= 0.6 is 11.6 Å². The lowest BCUT2D eigenvalue weighted by molar-refractivity contribution is 0.397.